The van der Waals surface area contributed by atoms with Gasteiger partial charge in [0.05, 0.1) is 47.6 Å². The van der Waals surface area contributed by atoms with Crippen LogP contribution in [0.4, 0.5) is 0 Å². The van der Waals surface area contributed by atoms with Crippen LogP contribution in [0.25, 0.3) is 22.6 Å². The third kappa shape index (κ3) is 8.61. The summed E-state index contributed by atoms with van der Waals surface area (Å²) in [5, 5.41) is 21.7. The van der Waals surface area contributed by atoms with Crippen molar-refractivity contribution in [1.29, 1.82) is 0 Å². The first-order valence-corrected chi connectivity index (χ1v) is 14.6. The fraction of sp³-hybridized carbons (Fsp3) is 0.323. The number of methoxy groups -OCH3 is 1. The first kappa shape index (κ1) is 32.6. The summed E-state index contributed by atoms with van der Waals surface area (Å²) in [6, 6.07) is 13.4. The maximum atomic E-state index is 11.6. The molecular formula is C31H30Cl3NO8. The van der Waals surface area contributed by atoms with Gasteiger partial charge in [-0.25, -0.2) is 4.98 Å². The van der Waals surface area contributed by atoms with Crippen LogP contribution < -0.4 is 9.47 Å². The smallest absolute Gasteiger partial charge is 0.305 e. The van der Waals surface area contributed by atoms with Crippen molar-refractivity contribution in [2.75, 3.05) is 20.3 Å². The standard InChI is InChI=1S/C31H30Cl3NO8/c1-17(36)19-4-6-24-28(16-19)43-31(35-24)20-5-7-27(21(32)15-20)41-11-9-25(37)26(38)10-12-42-30-22(33)13-18(14-23(30)34)3-8-29(39)40-2/h4-7,13-16,25-26,37-38H,3,8-12H2,1-2H3/t25-,26-/m1/s1. The predicted octanol–water partition coefficient (Wildman–Crippen LogP) is 6.72. The number of hydrogen-bond acceptors (Lipinski definition) is 9. The normalized spacial score (nSPS) is 12.6. The zero-order chi connectivity index (χ0) is 31.1. The number of carbonyl (C=O) groups excluding carboxylic acids is 2. The molecule has 0 radical (unpaired) electrons. The van der Waals surface area contributed by atoms with Crippen LogP contribution in [0.2, 0.25) is 15.1 Å². The first-order valence-electron chi connectivity index (χ1n) is 13.4. The van der Waals surface area contributed by atoms with E-state index in [2.05, 4.69) is 9.72 Å². The molecule has 4 rings (SSSR count). The second-order valence-corrected chi connectivity index (χ2v) is 11.0. The molecule has 12 heteroatoms. The molecule has 0 saturated carbocycles. The summed E-state index contributed by atoms with van der Waals surface area (Å²) >= 11 is 19.0. The minimum absolute atomic E-state index is 0.0548. The Morgan fingerprint density at radius 3 is 2.21 bits per heavy atom. The van der Waals surface area contributed by atoms with Crippen LogP contribution in [0.3, 0.4) is 0 Å². The topological polar surface area (TPSA) is 128 Å². The van der Waals surface area contributed by atoms with Crippen LogP contribution in [0.5, 0.6) is 11.5 Å². The van der Waals surface area contributed by atoms with Gasteiger partial charge in [0.25, 0.3) is 0 Å². The Kier molecular flexibility index (Phi) is 11.3. The molecule has 0 saturated heterocycles. The lowest BCUT2D eigenvalue weighted by molar-refractivity contribution is -0.140. The molecule has 0 amide bonds. The Morgan fingerprint density at radius 2 is 1.58 bits per heavy atom. The molecule has 1 aromatic heterocycles. The van der Waals surface area contributed by atoms with Gasteiger partial charge in [0.1, 0.15) is 11.3 Å². The number of esters is 1. The molecule has 4 aromatic rings. The summed E-state index contributed by atoms with van der Waals surface area (Å²) in [4.78, 5) is 27.5. The molecular weight excluding hydrogens is 621 g/mol. The fourth-order valence-corrected chi connectivity index (χ4v) is 5.09. The molecule has 3 aromatic carbocycles. The van der Waals surface area contributed by atoms with E-state index in [1.54, 1.807) is 48.5 Å². The molecule has 43 heavy (non-hydrogen) atoms. The van der Waals surface area contributed by atoms with Gasteiger partial charge >= 0.3 is 5.97 Å². The number of carbonyl (C=O) groups is 2. The van der Waals surface area contributed by atoms with Gasteiger partial charge < -0.3 is 28.8 Å². The van der Waals surface area contributed by atoms with Crippen molar-refractivity contribution in [2.24, 2.45) is 0 Å². The molecule has 2 N–H and O–H groups in total. The van der Waals surface area contributed by atoms with Crippen molar-refractivity contribution >= 4 is 57.7 Å². The van der Waals surface area contributed by atoms with E-state index >= 15 is 0 Å². The maximum Gasteiger partial charge on any atom is 0.305 e. The van der Waals surface area contributed by atoms with Crippen LogP contribution >= 0.6 is 34.8 Å². The number of aliphatic hydroxyl groups is 2. The van der Waals surface area contributed by atoms with Crippen LogP contribution in [-0.2, 0) is 16.0 Å². The molecule has 228 valence electrons. The van der Waals surface area contributed by atoms with Crippen molar-refractivity contribution in [3.63, 3.8) is 0 Å². The van der Waals surface area contributed by atoms with Crippen LogP contribution in [0.1, 0.15) is 42.1 Å². The fourth-order valence-electron chi connectivity index (χ4n) is 4.22. The summed E-state index contributed by atoms with van der Waals surface area (Å²) in [5.41, 5.74) is 3.03. The molecule has 1 heterocycles. The predicted molar refractivity (Wildman–Crippen MR) is 163 cm³/mol. The molecule has 0 aliphatic carbocycles. The number of ketones is 1. The van der Waals surface area contributed by atoms with Gasteiger partial charge in [-0.1, -0.05) is 34.8 Å². The molecule has 0 aliphatic heterocycles. The minimum Gasteiger partial charge on any atom is -0.492 e. The maximum absolute atomic E-state index is 11.6. The monoisotopic (exact) mass is 649 g/mol. The Morgan fingerprint density at radius 1 is 0.907 bits per heavy atom. The van der Waals surface area contributed by atoms with E-state index in [1.165, 1.54) is 14.0 Å². The highest BCUT2D eigenvalue weighted by Crippen LogP contribution is 2.35. The third-order valence-corrected chi connectivity index (χ3v) is 7.51. The van der Waals surface area contributed by atoms with Crippen molar-refractivity contribution < 1.29 is 38.4 Å². The summed E-state index contributed by atoms with van der Waals surface area (Å²) in [7, 11) is 1.32. The van der Waals surface area contributed by atoms with Crippen LogP contribution in [-0.4, -0.2) is 59.5 Å². The van der Waals surface area contributed by atoms with Crippen molar-refractivity contribution in [1.82, 2.24) is 4.98 Å². The summed E-state index contributed by atoms with van der Waals surface area (Å²) in [6.07, 6.45) is -1.30. The number of aliphatic hydroxyl groups excluding tert-OH is 2. The number of ether oxygens (including phenoxy) is 3. The quantitative estimate of drug-likeness (QED) is 0.113. The zero-order valence-electron chi connectivity index (χ0n) is 23.4. The van der Waals surface area contributed by atoms with E-state index in [0.29, 0.717) is 45.3 Å². The Bertz CT molecular complexity index is 1580. The van der Waals surface area contributed by atoms with Gasteiger partial charge in [0, 0.05) is 30.4 Å². The molecule has 0 unspecified atom stereocenters. The van der Waals surface area contributed by atoms with Crippen molar-refractivity contribution in [3.8, 4) is 23.0 Å². The van der Waals surface area contributed by atoms with E-state index in [9.17, 15) is 19.8 Å². The highest BCUT2D eigenvalue weighted by Gasteiger charge is 2.19. The Balaban J connectivity index is 1.24. The van der Waals surface area contributed by atoms with Gasteiger partial charge in [0.15, 0.2) is 17.1 Å². The summed E-state index contributed by atoms with van der Waals surface area (Å²) in [6.45, 7) is 1.64. The van der Waals surface area contributed by atoms with Gasteiger partial charge in [-0.3, -0.25) is 9.59 Å². The summed E-state index contributed by atoms with van der Waals surface area (Å²) in [5.74, 6) is 0.593. The van der Waals surface area contributed by atoms with E-state index < -0.39 is 12.2 Å². The van der Waals surface area contributed by atoms with Gasteiger partial charge in [-0.05, 0) is 67.4 Å². The highest BCUT2D eigenvalue weighted by molar-refractivity contribution is 6.37. The lowest BCUT2D eigenvalue weighted by Crippen LogP contribution is -2.29. The average Bonchev–Trinajstić information content (AvgIpc) is 3.41. The number of nitrogens with zero attached hydrogens (tertiary/aromatic N) is 1. The van der Waals surface area contributed by atoms with Crippen LogP contribution in [0.15, 0.2) is 52.9 Å². The van der Waals surface area contributed by atoms with E-state index in [4.69, 9.17) is 48.7 Å². The Labute approximate surface area is 263 Å². The number of fused-ring (bicyclic) bond motifs is 1. The van der Waals surface area contributed by atoms with Gasteiger partial charge in [-0.2, -0.15) is 0 Å². The number of hydrogen-bond donors (Lipinski definition) is 2. The molecule has 0 aliphatic rings. The van der Waals surface area contributed by atoms with Crippen molar-refractivity contribution in [2.45, 2.75) is 44.8 Å². The number of rotatable bonds is 14. The third-order valence-electron chi connectivity index (χ3n) is 6.65. The number of oxazole rings is 1. The number of halogens is 3. The van der Waals surface area contributed by atoms with Crippen molar-refractivity contribution in [3.05, 3.63) is 74.7 Å². The van der Waals surface area contributed by atoms with E-state index in [-0.39, 0.29) is 60.0 Å². The molecule has 2 atom stereocenters. The van der Waals surface area contributed by atoms with Crippen LogP contribution in [0, 0.1) is 0 Å². The van der Waals surface area contributed by atoms with Gasteiger partial charge in [-0.15, -0.1) is 0 Å². The SMILES string of the molecule is COC(=O)CCc1cc(Cl)c(OCC[C@@H](O)[C@H](O)CCOc2ccc(-c3nc4ccc(C(C)=O)cc4o3)cc2Cl)c(Cl)c1. The number of aryl methyl sites for hydroxylation is 1. The summed E-state index contributed by atoms with van der Waals surface area (Å²) < 4.78 is 21.8. The highest BCUT2D eigenvalue weighted by atomic mass is 35.5. The second kappa shape index (κ2) is 14.9. The van der Waals surface area contributed by atoms with Gasteiger partial charge in [0.2, 0.25) is 5.89 Å². The molecule has 0 fully saturated rings. The average molecular weight is 651 g/mol. The van der Waals surface area contributed by atoms with E-state index in [0.717, 1.165) is 5.56 Å². The largest absolute Gasteiger partial charge is 0.492 e. The zero-order valence-corrected chi connectivity index (χ0v) is 25.7. The number of benzene rings is 3. The minimum atomic E-state index is -1.08. The number of Topliss-reactive ketones (excluding diaryl/α,β-unsaturated/α-hetero) is 1. The Hall–Kier alpha value is -3.34. The molecule has 0 spiro atoms. The lowest BCUT2D eigenvalue weighted by atomic mass is 10.1. The first-order chi connectivity index (χ1) is 20.5. The molecule has 0 bridgehead atoms. The number of aromatic nitrogens is 1. The lowest BCUT2D eigenvalue weighted by Gasteiger charge is -2.19. The molecule has 9 nitrogen and oxygen atoms in total. The van der Waals surface area contributed by atoms with E-state index in [1.807, 2.05) is 0 Å². The second-order valence-electron chi connectivity index (χ2n) is 9.78.